The average molecular weight is 438 g/mol. The van der Waals surface area contributed by atoms with Crippen molar-refractivity contribution in [3.63, 3.8) is 0 Å². The maximum Gasteiger partial charge on any atom is 0.251 e. The summed E-state index contributed by atoms with van der Waals surface area (Å²) in [6.07, 6.45) is 7.21. The zero-order valence-corrected chi connectivity index (χ0v) is 18.6. The van der Waals surface area contributed by atoms with E-state index in [1.807, 2.05) is 29.2 Å². The predicted octanol–water partition coefficient (Wildman–Crippen LogP) is 2.85. The molecule has 2 aliphatic rings. The Kier molecular flexibility index (Phi) is 7.05. The number of hydrogen-bond donors (Lipinski definition) is 1. The number of rotatable bonds is 6. The van der Waals surface area contributed by atoms with E-state index in [9.17, 15) is 9.59 Å². The van der Waals surface area contributed by atoms with Gasteiger partial charge in [-0.05, 0) is 61.4 Å². The van der Waals surface area contributed by atoms with Crippen molar-refractivity contribution in [3.8, 4) is 5.75 Å². The van der Waals surface area contributed by atoms with Crippen LogP contribution in [0.4, 0.5) is 0 Å². The van der Waals surface area contributed by atoms with Crippen LogP contribution >= 0.6 is 0 Å². The van der Waals surface area contributed by atoms with E-state index in [0.29, 0.717) is 44.1 Å². The van der Waals surface area contributed by atoms with Crippen molar-refractivity contribution in [1.82, 2.24) is 15.2 Å². The summed E-state index contributed by atoms with van der Waals surface area (Å²) in [5, 5.41) is 3.06. The molecule has 1 spiro atoms. The van der Waals surface area contributed by atoms with Gasteiger partial charge in [0.2, 0.25) is 5.91 Å². The van der Waals surface area contributed by atoms with Gasteiger partial charge in [0, 0.05) is 44.2 Å². The molecule has 2 aromatic rings. The number of likely N-dealkylation sites (tertiary alicyclic amines) is 1. The van der Waals surface area contributed by atoms with E-state index in [1.165, 1.54) is 0 Å². The second-order valence-electron chi connectivity index (χ2n) is 8.74. The number of ether oxygens (including phenoxy) is 2. The molecule has 1 N–H and O–H groups in total. The second-order valence-corrected chi connectivity index (χ2v) is 8.74. The van der Waals surface area contributed by atoms with E-state index in [0.717, 1.165) is 37.0 Å². The van der Waals surface area contributed by atoms with Crippen molar-refractivity contribution in [3.05, 3.63) is 59.9 Å². The van der Waals surface area contributed by atoms with Crippen LogP contribution in [0.25, 0.3) is 0 Å². The first kappa shape index (κ1) is 22.3. The molecule has 1 unspecified atom stereocenters. The lowest BCUT2D eigenvalue weighted by Crippen LogP contribution is -2.52. The number of benzene rings is 1. The molecule has 32 heavy (non-hydrogen) atoms. The Bertz CT molecular complexity index is 909. The van der Waals surface area contributed by atoms with Gasteiger partial charge >= 0.3 is 0 Å². The van der Waals surface area contributed by atoms with Crippen LogP contribution in [-0.4, -0.2) is 60.7 Å². The molecule has 0 radical (unpaired) electrons. The van der Waals surface area contributed by atoms with Crippen molar-refractivity contribution in [2.75, 3.05) is 33.4 Å². The maximum atomic E-state index is 12.8. The number of nitrogens with one attached hydrogen (secondary N) is 1. The highest BCUT2D eigenvalue weighted by molar-refractivity contribution is 5.93. The molecule has 2 fully saturated rings. The van der Waals surface area contributed by atoms with E-state index < -0.39 is 0 Å². The van der Waals surface area contributed by atoms with E-state index in [-0.39, 0.29) is 17.4 Å². The summed E-state index contributed by atoms with van der Waals surface area (Å²) in [5.74, 6) is 1.27. The average Bonchev–Trinajstić information content (AvgIpc) is 2.84. The summed E-state index contributed by atoms with van der Waals surface area (Å²) in [6.45, 7) is 2.78. The van der Waals surface area contributed by atoms with Gasteiger partial charge in [0.25, 0.3) is 5.91 Å². The molecule has 7 heteroatoms. The fourth-order valence-electron chi connectivity index (χ4n) is 4.69. The number of amides is 2. The number of pyridine rings is 1. The SMILES string of the molecule is COc1ccc(CC(=O)N2CCC3(CC2)CC(CNC(=O)c2ccncc2)CCO3)cc1. The number of carbonyl (C=O) groups is 2. The Balaban J connectivity index is 1.25. The maximum absolute atomic E-state index is 12.8. The first-order chi connectivity index (χ1) is 15.6. The lowest BCUT2D eigenvalue weighted by molar-refractivity contribution is -0.146. The number of carbonyl (C=O) groups excluding carboxylic acids is 2. The minimum atomic E-state index is -0.179. The molecule has 1 aromatic heterocycles. The molecule has 0 aliphatic carbocycles. The number of aromatic nitrogens is 1. The van der Waals surface area contributed by atoms with Gasteiger partial charge in [-0.1, -0.05) is 12.1 Å². The molecule has 2 saturated heterocycles. The van der Waals surface area contributed by atoms with Gasteiger partial charge in [-0.15, -0.1) is 0 Å². The van der Waals surface area contributed by atoms with Gasteiger partial charge < -0.3 is 19.7 Å². The molecule has 7 nitrogen and oxygen atoms in total. The number of nitrogens with zero attached hydrogens (tertiary/aromatic N) is 2. The summed E-state index contributed by atoms with van der Waals surface area (Å²) in [7, 11) is 1.64. The molecule has 170 valence electrons. The minimum absolute atomic E-state index is 0.0631. The van der Waals surface area contributed by atoms with Gasteiger partial charge in [0.05, 0.1) is 19.1 Å². The van der Waals surface area contributed by atoms with Crippen LogP contribution in [0.15, 0.2) is 48.8 Å². The Hall–Kier alpha value is -2.93. The topological polar surface area (TPSA) is 80.8 Å². The minimum Gasteiger partial charge on any atom is -0.497 e. The molecular weight excluding hydrogens is 406 g/mol. The van der Waals surface area contributed by atoms with Gasteiger partial charge in [-0.3, -0.25) is 14.6 Å². The second kappa shape index (κ2) is 10.1. The summed E-state index contributed by atoms with van der Waals surface area (Å²) in [4.78, 5) is 31.0. The third-order valence-corrected chi connectivity index (χ3v) is 6.63. The molecule has 1 atom stereocenters. The van der Waals surface area contributed by atoms with Gasteiger partial charge in [0.15, 0.2) is 0 Å². The molecule has 0 bridgehead atoms. The molecule has 4 rings (SSSR count). The van der Waals surface area contributed by atoms with E-state index in [2.05, 4.69) is 10.3 Å². The summed E-state index contributed by atoms with van der Waals surface area (Å²) < 4.78 is 11.4. The highest BCUT2D eigenvalue weighted by atomic mass is 16.5. The van der Waals surface area contributed by atoms with Gasteiger partial charge in [0.1, 0.15) is 5.75 Å². The predicted molar refractivity (Wildman–Crippen MR) is 120 cm³/mol. The fraction of sp³-hybridized carbons (Fsp3) is 0.480. The smallest absolute Gasteiger partial charge is 0.251 e. The first-order valence-electron chi connectivity index (χ1n) is 11.3. The quantitative estimate of drug-likeness (QED) is 0.752. The Morgan fingerprint density at radius 2 is 1.88 bits per heavy atom. The third-order valence-electron chi connectivity index (χ3n) is 6.63. The normalized spacial score (nSPS) is 20.0. The van der Waals surface area contributed by atoms with Crippen molar-refractivity contribution in [2.45, 2.75) is 37.7 Å². The van der Waals surface area contributed by atoms with Crippen molar-refractivity contribution >= 4 is 11.8 Å². The fourth-order valence-corrected chi connectivity index (χ4v) is 4.69. The summed E-state index contributed by atoms with van der Waals surface area (Å²) >= 11 is 0. The van der Waals surface area contributed by atoms with Crippen LogP contribution in [0, 0.1) is 5.92 Å². The van der Waals surface area contributed by atoms with E-state index >= 15 is 0 Å². The molecule has 3 heterocycles. The molecule has 1 aromatic carbocycles. The summed E-state index contributed by atoms with van der Waals surface area (Å²) in [6, 6.07) is 11.1. The molecule has 2 amide bonds. The van der Waals surface area contributed by atoms with E-state index in [1.54, 1.807) is 31.6 Å². The Labute approximate surface area is 189 Å². The van der Waals surface area contributed by atoms with Crippen molar-refractivity contribution in [1.29, 1.82) is 0 Å². The van der Waals surface area contributed by atoms with Crippen molar-refractivity contribution < 1.29 is 19.1 Å². The zero-order valence-electron chi connectivity index (χ0n) is 18.6. The van der Waals surface area contributed by atoms with Crippen LogP contribution < -0.4 is 10.1 Å². The van der Waals surface area contributed by atoms with Crippen LogP contribution in [0.2, 0.25) is 0 Å². The molecular formula is C25H31N3O4. The van der Waals surface area contributed by atoms with Crippen LogP contribution in [0.3, 0.4) is 0 Å². The standard InChI is InChI=1S/C25H31N3O4/c1-31-22-4-2-19(3-5-22)16-23(29)28-13-9-25(10-14-28)17-20(8-15-32-25)18-27-24(30)21-6-11-26-12-7-21/h2-7,11-12,20H,8-10,13-18H2,1H3,(H,27,30). The van der Waals surface area contributed by atoms with Gasteiger partial charge in [-0.25, -0.2) is 0 Å². The number of piperidine rings is 1. The third kappa shape index (κ3) is 5.46. The lowest BCUT2D eigenvalue weighted by Gasteiger charge is -2.46. The molecule has 0 saturated carbocycles. The van der Waals surface area contributed by atoms with Gasteiger partial charge in [-0.2, -0.15) is 0 Å². The highest BCUT2D eigenvalue weighted by Crippen LogP contribution is 2.37. The van der Waals surface area contributed by atoms with Crippen LogP contribution in [0.1, 0.15) is 41.6 Å². The lowest BCUT2D eigenvalue weighted by atomic mass is 9.79. The van der Waals surface area contributed by atoms with Crippen LogP contribution in [0.5, 0.6) is 5.75 Å². The van der Waals surface area contributed by atoms with Crippen molar-refractivity contribution in [2.24, 2.45) is 5.92 Å². The monoisotopic (exact) mass is 437 g/mol. The molecule has 2 aliphatic heterocycles. The highest BCUT2D eigenvalue weighted by Gasteiger charge is 2.41. The van der Waals surface area contributed by atoms with Crippen LogP contribution in [-0.2, 0) is 16.0 Å². The number of hydrogen-bond acceptors (Lipinski definition) is 5. The zero-order chi connectivity index (χ0) is 22.4. The largest absolute Gasteiger partial charge is 0.497 e. The Morgan fingerprint density at radius 3 is 2.56 bits per heavy atom. The summed E-state index contributed by atoms with van der Waals surface area (Å²) in [5.41, 5.74) is 1.45. The number of methoxy groups -OCH3 is 1. The first-order valence-corrected chi connectivity index (χ1v) is 11.3. The van der Waals surface area contributed by atoms with E-state index in [4.69, 9.17) is 9.47 Å². The Morgan fingerprint density at radius 1 is 1.16 bits per heavy atom.